The van der Waals surface area contributed by atoms with E-state index in [-0.39, 0.29) is 27.9 Å². The van der Waals surface area contributed by atoms with Gasteiger partial charge in [0.15, 0.2) is 5.13 Å². The summed E-state index contributed by atoms with van der Waals surface area (Å²) < 4.78 is 10.4. The van der Waals surface area contributed by atoms with Gasteiger partial charge in [0, 0.05) is 18.0 Å². The van der Waals surface area contributed by atoms with Gasteiger partial charge < -0.3 is 14.6 Å². The molecule has 9 nitrogen and oxygen atoms in total. The van der Waals surface area contributed by atoms with Crippen molar-refractivity contribution in [3.05, 3.63) is 75.6 Å². The van der Waals surface area contributed by atoms with Crippen molar-refractivity contribution >= 4 is 39.9 Å². The molecule has 1 amide bonds. The van der Waals surface area contributed by atoms with Crippen molar-refractivity contribution in [3.63, 3.8) is 0 Å². The summed E-state index contributed by atoms with van der Waals surface area (Å²) in [6.07, 6.45) is 3.08. The Kier molecular flexibility index (Phi) is 6.65. The van der Waals surface area contributed by atoms with E-state index in [1.807, 2.05) is 6.92 Å². The highest BCUT2D eigenvalue weighted by molar-refractivity contribution is 7.17. The standard InChI is InChI=1S/C25H23N3O6S/c1-5-34-24(32)22-14(3)27-25(35-22)28-19(16-7-6-10-26-12-16)18(21(30)23(28)31)20(29)15-8-9-17(33-4)13(2)11-15/h6-12,19,29H,5H2,1-4H3/b20-18-. The number of carbonyl (C=O) groups is 3. The molecule has 10 heteroatoms. The Morgan fingerprint density at radius 2 is 2.00 bits per heavy atom. The van der Waals surface area contributed by atoms with Crippen LogP contribution < -0.4 is 9.64 Å². The SMILES string of the molecule is CCOC(=O)c1sc(N2C(=O)C(=O)/C(=C(\O)c3ccc(OC)c(C)c3)C2c2cccnc2)nc1C. The van der Waals surface area contributed by atoms with Crippen molar-refractivity contribution in [1.82, 2.24) is 9.97 Å². The Balaban J connectivity index is 1.89. The van der Waals surface area contributed by atoms with Crippen LogP contribution in [0, 0.1) is 13.8 Å². The quantitative estimate of drug-likeness (QED) is 0.237. The highest BCUT2D eigenvalue weighted by Crippen LogP contribution is 2.44. The van der Waals surface area contributed by atoms with Crippen LogP contribution in [0.1, 0.15) is 45.0 Å². The van der Waals surface area contributed by atoms with E-state index in [2.05, 4.69) is 9.97 Å². The number of anilines is 1. The number of aryl methyl sites for hydroxylation is 2. The van der Waals surface area contributed by atoms with E-state index in [0.29, 0.717) is 22.6 Å². The predicted molar refractivity (Wildman–Crippen MR) is 130 cm³/mol. The molecule has 2 aromatic heterocycles. The number of amides is 1. The van der Waals surface area contributed by atoms with Gasteiger partial charge in [-0.25, -0.2) is 9.78 Å². The summed E-state index contributed by atoms with van der Waals surface area (Å²) in [5.41, 5.74) is 1.89. The van der Waals surface area contributed by atoms with Crippen molar-refractivity contribution in [2.24, 2.45) is 0 Å². The minimum absolute atomic E-state index is 0.0990. The van der Waals surface area contributed by atoms with Gasteiger partial charge in [-0.2, -0.15) is 0 Å². The fourth-order valence-corrected chi connectivity index (χ4v) is 4.92. The average molecular weight is 494 g/mol. The number of nitrogens with zero attached hydrogens (tertiary/aromatic N) is 3. The largest absolute Gasteiger partial charge is 0.507 e. The number of rotatable bonds is 6. The number of esters is 1. The molecule has 1 aliphatic heterocycles. The molecule has 180 valence electrons. The van der Waals surface area contributed by atoms with Gasteiger partial charge in [-0.3, -0.25) is 19.5 Å². The van der Waals surface area contributed by atoms with Crippen LogP contribution in [-0.2, 0) is 14.3 Å². The first kappa shape index (κ1) is 24.1. The van der Waals surface area contributed by atoms with Gasteiger partial charge in [0.2, 0.25) is 0 Å². The van der Waals surface area contributed by atoms with Crippen molar-refractivity contribution in [2.75, 3.05) is 18.6 Å². The number of hydrogen-bond acceptors (Lipinski definition) is 9. The summed E-state index contributed by atoms with van der Waals surface area (Å²) in [5, 5.41) is 11.4. The molecule has 0 aliphatic carbocycles. The Labute approximate surface area is 205 Å². The third-order valence-electron chi connectivity index (χ3n) is 5.57. The van der Waals surface area contributed by atoms with E-state index >= 15 is 0 Å². The minimum Gasteiger partial charge on any atom is -0.507 e. The number of hydrogen-bond donors (Lipinski definition) is 1. The summed E-state index contributed by atoms with van der Waals surface area (Å²) in [6, 6.07) is 7.34. The normalized spacial score (nSPS) is 17.0. The van der Waals surface area contributed by atoms with Crippen molar-refractivity contribution in [3.8, 4) is 5.75 Å². The molecule has 0 radical (unpaired) electrons. The van der Waals surface area contributed by atoms with Crippen LogP contribution in [0.4, 0.5) is 5.13 Å². The molecule has 0 saturated carbocycles. The number of thiazole rings is 1. The molecule has 1 aliphatic rings. The summed E-state index contributed by atoms with van der Waals surface area (Å²) in [4.78, 5) is 48.8. The molecule has 1 fully saturated rings. The molecule has 3 heterocycles. The molecule has 1 saturated heterocycles. The van der Waals surface area contributed by atoms with Gasteiger partial charge in [-0.1, -0.05) is 17.4 Å². The maximum absolute atomic E-state index is 13.3. The number of ketones is 1. The highest BCUT2D eigenvalue weighted by Gasteiger charge is 2.48. The topological polar surface area (TPSA) is 119 Å². The van der Waals surface area contributed by atoms with Gasteiger partial charge >= 0.3 is 11.9 Å². The molecule has 4 rings (SSSR count). The summed E-state index contributed by atoms with van der Waals surface area (Å²) in [6.45, 7) is 5.31. The summed E-state index contributed by atoms with van der Waals surface area (Å²) in [5.74, 6) is -2.00. The third kappa shape index (κ3) is 4.28. The zero-order valence-electron chi connectivity index (χ0n) is 19.6. The van der Waals surface area contributed by atoms with Crippen LogP contribution in [-0.4, -0.2) is 46.5 Å². The zero-order chi connectivity index (χ0) is 25.3. The number of aromatic nitrogens is 2. The Hall–Kier alpha value is -4.05. The van der Waals surface area contributed by atoms with E-state index < -0.39 is 23.7 Å². The molecule has 1 unspecified atom stereocenters. The van der Waals surface area contributed by atoms with Crippen LogP contribution in [0.15, 0.2) is 48.3 Å². The van der Waals surface area contributed by atoms with Crippen LogP contribution in [0.3, 0.4) is 0 Å². The zero-order valence-corrected chi connectivity index (χ0v) is 20.4. The van der Waals surface area contributed by atoms with Crippen molar-refractivity contribution < 1.29 is 29.0 Å². The van der Waals surface area contributed by atoms with Gasteiger partial charge in [0.25, 0.3) is 5.78 Å². The second kappa shape index (κ2) is 9.67. The summed E-state index contributed by atoms with van der Waals surface area (Å²) >= 11 is 0.952. The fourth-order valence-electron chi connectivity index (χ4n) is 3.94. The molecular formula is C25H23N3O6S. The van der Waals surface area contributed by atoms with Gasteiger partial charge in [-0.15, -0.1) is 0 Å². The molecule has 3 aromatic rings. The molecule has 0 spiro atoms. The predicted octanol–water partition coefficient (Wildman–Crippen LogP) is 3.97. The van der Waals surface area contributed by atoms with E-state index in [1.165, 1.54) is 18.2 Å². The number of Topliss-reactive ketones (excluding diaryl/α,β-unsaturated/α-hetero) is 1. The van der Waals surface area contributed by atoms with E-state index in [0.717, 1.165) is 16.9 Å². The number of aliphatic hydroxyl groups is 1. The fraction of sp³-hybridized carbons (Fsp3) is 0.240. The molecule has 35 heavy (non-hydrogen) atoms. The average Bonchev–Trinajstić information content (AvgIpc) is 3.36. The second-order valence-corrected chi connectivity index (χ2v) is 8.75. The lowest BCUT2D eigenvalue weighted by Crippen LogP contribution is -2.29. The number of pyridine rings is 1. The Morgan fingerprint density at radius 3 is 2.63 bits per heavy atom. The number of methoxy groups -OCH3 is 1. The maximum atomic E-state index is 13.3. The van der Waals surface area contributed by atoms with Crippen LogP contribution in [0.5, 0.6) is 5.75 Å². The van der Waals surface area contributed by atoms with Gasteiger partial charge in [0.1, 0.15) is 16.4 Å². The number of aliphatic hydroxyl groups excluding tert-OH is 1. The lowest BCUT2D eigenvalue weighted by molar-refractivity contribution is -0.132. The third-order valence-corrected chi connectivity index (χ3v) is 6.70. The van der Waals surface area contributed by atoms with Crippen molar-refractivity contribution in [1.29, 1.82) is 0 Å². The maximum Gasteiger partial charge on any atom is 0.350 e. The van der Waals surface area contributed by atoms with Gasteiger partial charge in [-0.05, 0) is 56.2 Å². The Morgan fingerprint density at radius 1 is 1.23 bits per heavy atom. The molecule has 0 bridgehead atoms. The number of benzene rings is 1. The van der Waals surface area contributed by atoms with E-state index in [1.54, 1.807) is 50.4 Å². The minimum atomic E-state index is -0.994. The number of carbonyl (C=O) groups excluding carboxylic acids is 3. The molecule has 1 aromatic carbocycles. The van der Waals surface area contributed by atoms with Crippen LogP contribution in [0.25, 0.3) is 5.76 Å². The Bertz CT molecular complexity index is 1350. The molecular weight excluding hydrogens is 470 g/mol. The lowest BCUT2D eigenvalue weighted by Gasteiger charge is -2.22. The van der Waals surface area contributed by atoms with Crippen molar-refractivity contribution in [2.45, 2.75) is 26.8 Å². The number of ether oxygens (including phenoxy) is 2. The van der Waals surface area contributed by atoms with E-state index in [9.17, 15) is 19.5 Å². The molecule has 1 N–H and O–H groups in total. The summed E-state index contributed by atoms with van der Waals surface area (Å²) in [7, 11) is 1.54. The van der Waals surface area contributed by atoms with Crippen LogP contribution in [0.2, 0.25) is 0 Å². The highest BCUT2D eigenvalue weighted by atomic mass is 32.1. The monoisotopic (exact) mass is 493 g/mol. The second-order valence-electron chi connectivity index (χ2n) is 7.77. The molecule has 1 atom stereocenters. The first-order chi connectivity index (χ1) is 16.8. The van der Waals surface area contributed by atoms with E-state index in [4.69, 9.17) is 9.47 Å². The van der Waals surface area contributed by atoms with Crippen LogP contribution >= 0.6 is 11.3 Å². The van der Waals surface area contributed by atoms with Gasteiger partial charge in [0.05, 0.1) is 31.0 Å². The first-order valence-corrected chi connectivity index (χ1v) is 11.6. The lowest BCUT2D eigenvalue weighted by atomic mass is 9.96. The first-order valence-electron chi connectivity index (χ1n) is 10.8. The smallest absolute Gasteiger partial charge is 0.350 e.